The molecule has 2 rings (SSSR count). The van der Waals surface area contributed by atoms with Crippen LogP contribution in [0.4, 0.5) is 0 Å². The molecule has 0 radical (unpaired) electrons. The number of carbonyl (C=O) groups is 1. The number of para-hydroxylation sites is 1. The van der Waals surface area contributed by atoms with E-state index < -0.39 is 0 Å². The van der Waals surface area contributed by atoms with Crippen LogP contribution in [-0.2, 0) is 0 Å². The Morgan fingerprint density at radius 3 is 2.82 bits per heavy atom. The molecule has 1 atom stereocenters. The van der Waals surface area contributed by atoms with Gasteiger partial charge in [-0.1, -0.05) is 25.0 Å². The fraction of sp³-hybridized carbons (Fsp3) is 0.500. The van der Waals surface area contributed by atoms with Crippen molar-refractivity contribution in [2.45, 2.75) is 38.6 Å². The number of phenols is 1. The molecule has 0 aromatic heterocycles. The minimum absolute atomic E-state index is 0.0440. The highest BCUT2D eigenvalue weighted by molar-refractivity contribution is 5.97. The summed E-state index contributed by atoms with van der Waals surface area (Å²) in [6, 6.07) is 7.04. The van der Waals surface area contributed by atoms with Crippen LogP contribution < -0.4 is 0 Å². The van der Waals surface area contributed by atoms with Crippen molar-refractivity contribution in [2.75, 3.05) is 6.54 Å². The summed E-state index contributed by atoms with van der Waals surface area (Å²) in [5.41, 5.74) is 0.418. The van der Waals surface area contributed by atoms with E-state index in [1.807, 2.05) is 4.90 Å². The smallest absolute Gasteiger partial charge is 0.257 e. The second-order valence-corrected chi connectivity index (χ2v) is 4.71. The van der Waals surface area contributed by atoms with Gasteiger partial charge in [-0.2, -0.15) is 0 Å². The Balaban J connectivity index is 2.21. The third kappa shape index (κ3) is 2.60. The Morgan fingerprint density at radius 1 is 1.29 bits per heavy atom. The highest BCUT2D eigenvalue weighted by atomic mass is 16.3. The number of benzene rings is 1. The maximum atomic E-state index is 12.3. The molecule has 1 amide bonds. The predicted octanol–water partition coefficient (Wildman–Crippen LogP) is 2.80. The van der Waals surface area contributed by atoms with E-state index in [-0.39, 0.29) is 17.7 Å². The molecule has 1 aromatic rings. The maximum absolute atomic E-state index is 12.3. The lowest BCUT2D eigenvalue weighted by Gasteiger charge is -2.27. The van der Waals surface area contributed by atoms with E-state index in [2.05, 4.69) is 6.92 Å². The predicted molar refractivity (Wildman–Crippen MR) is 67.1 cm³/mol. The normalized spacial score (nSPS) is 21.0. The molecular formula is C14H19NO2. The number of rotatable bonds is 1. The minimum atomic E-state index is -0.0440. The summed E-state index contributed by atoms with van der Waals surface area (Å²) in [6.45, 7) is 2.89. The maximum Gasteiger partial charge on any atom is 0.257 e. The molecule has 3 heteroatoms. The highest BCUT2D eigenvalue weighted by Crippen LogP contribution is 2.23. The Labute approximate surface area is 102 Å². The Morgan fingerprint density at radius 2 is 2.06 bits per heavy atom. The summed E-state index contributed by atoms with van der Waals surface area (Å²) < 4.78 is 0. The van der Waals surface area contributed by atoms with Gasteiger partial charge in [0.25, 0.3) is 5.91 Å². The second-order valence-electron chi connectivity index (χ2n) is 4.71. The van der Waals surface area contributed by atoms with Crippen LogP contribution in [0.5, 0.6) is 5.75 Å². The van der Waals surface area contributed by atoms with Gasteiger partial charge in [0.1, 0.15) is 5.75 Å². The molecular weight excluding hydrogens is 214 g/mol. The lowest BCUT2D eigenvalue weighted by molar-refractivity contribution is 0.0695. The minimum Gasteiger partial charge on any atom is -0.507 e. The van der Waals surface area contributed by atoms with E-state index in [0.29, 0.717) is 5.56 Å². The van der Waals surface area contributed by atoms with Gasteiger partial charge in [-0.3, -0.25) is 4.79 Å². The van der Waals surface area contributed by atoms with E-state index in [0.717, 1.165) is 19.4 Å². The number of aromatic hydroxyl groups is 1. The molecule has 17 heavy (non-hydrogen) atoms. The fourth-order valence-corrected chi connectivity index (χ4v) is 2.39. The van der Waals surface area contributed by atoms with Crippen LogP contribution in [0.2, 0.25) is 0 Å². The Kier molecular flexibility index (Phi) is 3.67. The van der Waals surface area contributed by atoms with E-state index in [1.54, 1.807) is 24.3 Å². The van der Waals surface area contributed by atoms with Crippen LogP contribution in [-0.4, -0.2) is 28.5 Å². The van der Waals surface area contributed by atoms with Gasteiger partial charge in [-0.15, -0.1) is 0 Å². The summed E-state index contributed by atoms with van der Waals surface area (Å²) in [7, 11) is 0. The van der Waals surface area contributed by atoms with Crippen molar-refractivity contribution >= 4 is 5.91 Å². The average molecular weight is 233 g/mol. The topological polar surface area (TPSA) is 40.5 Å². The van der Waals surface area contributed by atoms with Crippen molar-refractivity contribution in [3.8, 4) is 5.75 Å². The number of phenolic OH excluding ortho intramolecular Hbond substituents is 1. The molecule has 1 unspecified atom stereocenters. The molecule has 0 saturated carbocycles. The van der Waals surface area contributed by atoms with Crippen LogP contribution in [0.1, 0.15) is 43.0 Å². The number of likely N-dealkylation sites (tertiary alicyclic amines) is 1. The number of amides is 1. The van der Waals surface area contributed by atoms with Gasteiger partial charge in [0.05, 0.1) is 5.56 Å². The van der Waals surface area contributed by atoms with E-state index in [4.69, 9.17) is 0 Å². The zero-order chi connectivity index (χ0) is 12.3. The van der Waals surface area contributed by atoms with Crippen LogP contribution in [0.15, 0.2) is 24.3 Å². The number of hydrogen-bond donors (Lipinski definition) is 1. The van der Waals surface area contributed by atoms with Crippen LogP contribution >= 0.6 is 0 Å². The summed E-state index contributed by atoms with van der Waals surface area (Å²) in [4.78, 5) is 14.2. The van der Waals surface area contributed by atoms with Crippen LogP contribution in [0.25, 0.3) is 0 Å². The summed E-state index contributed by atoms with van der Waals surface area (Å²) >= 11 is 0. The molecule has 1 saturated heterocycles. The second kappa shape index (κ2) is 5.21. The van der Waals surface area contributed by atoms with Gasteiger partial charge in [-0.25, -0.2) is 0 Å². The van der Waals surface area contributed by atoms with Gasteiger partial charge < -0.3 is 10.0 Å². The molecule has 3 nitrogen and oxygen atoms in total. The Bertz CT molecular complexity index is 403. The molecule has 1 aromatic carbocycles. The van der Waals surface area contributed by atoms with Crippen molar-refractivity contribution in [3.63, 3.8) is 0 Å². The summed E-state index contributed by atoms with van der Waals surface area (Å²) in [5, 5.41) is 9.72. The first-order valence-electron chi connectivity index (χ1n) is 6.29. The molecule has 1 N–H and O–H groups in total. The standard InChI is InChI=1S/C14H19NO2/c1-11-7-3-2-6-10-15(11)14(17)12-8-4-5-9-13(12)16/h4-5,8-9,11,16H,2-3,6-7,10H2,1H3. The molecule has 0 bridgehead atoms. The fourth-order valence-electron chi connectivity index (χ4n) is 2.39. The highest BCUT2D eigenvalue weighted by Gasteiger charge is 2.24. The lowest BCUT2D eigenvalue weighted by atomic mass is 10.1. The summed E-state index contributed by atoms with van der Waals surface area (Å²) in [6.07, 6.45) is 4.49. The van der Waals surface area contributed by atoms with E-state index in [1.165, 1.54) is 12.8 Å². The zero-order valence-electron chi connectivity index (χ0n) is 10.2. The van der Waals surface area contributed by atoms with Crippen LogP contribution in [0.3, 0.4) is 0 Å². The number of carbonyl (C=O) groups excluding carboxylic acids is 1. The van der Waals surface area contributed by atoms with Crippen molar-refractivity contribution in [3.05, 3.63) is 29.8 Å². The third-order valence-electron chi connectivity index (χ3n) is 3.45. The van der Waals surface area contributed by atoms with Crippen molar-refractivity contribution < 1.29 is 9.90 Å². The molecule has 1 fully saturated rings. The zero-order valence-corrected chi connectivity index (χ0v) is 10.2. The first-order chi connectivity index (χ1) is 8.20. The number of hydrogen-bond acceptors (Lipinski definition) is 2. The Hall–Kier alpha value is -1.51. The van der Waals surface area contributed by atoms with Gasteiger partial charge in [0.15, 0.2) is 0 Å². The first-order valence-corrected chi connectivity index (χ1v) is 6.29. The van der Waals surface area contributed by atoms with Gasteiger partial charge in [0, 0.05) is 12.6 Å². The SMILES string of the molecule is CC1CCCCCN1C(=O)c1ccccc1O. The molecule has 0 aliphatic carbocycles. The third-order valence-corrected chi connectivity index (χ3v) is 3.45. The van der Waals surface area contributed by atoms with Gasteiger partial charge in [-0.05, 0) is 31.9 Å². The van der Waals surface area contributed by atoms with Crippen molar-refractivity contribution in [1.29, 1.82) is 0 Å². The molecule has 0 spiro atoms. The van der Waals surface area contributed by atoms with E-state index in [9.17, 15) is 9.90 Å². The van der Waals surface area contributed by atoms with Crippen LogP contribution in [0, 0.1) is 0 Å². The molecule has 1 aliphatic heterocycles. The summed E-state index contributed by atoms with van der Waals surface area (Å²) in [5.74, 6) is 0.0337. The van der Waals surface area contributed by atoms with Gasteiger partial charge >= 0.3 is 0 Å². The van der Waals surface area contributed by atoms with Crippen molar-refractivity contribution in [2.24, 2.45) is 0 Å². The van der Waals surface area contributed by atoms with Crippen molar-refractivity contribution in [1.82, 2.24) is 4.90 Å². The molecule has 92 valence electrons. The number of nitrogens with zero attached hydrogens (tertiary/aromatic N) is 1. The first kappa shape index (κ1) is 12.0. The van der Waals surface area contributed by atoms with Gasteiger partial charge in [0.2, 0.25) is 0 Å². The molecule has 1 heterocycles. The quantitative estimate of drug-likeness (QED) is 0.810. The largest absolute Gasteiger partial charge is 0.507 e. The molecule has 1 aliphatic rings. The lowest BCUT2D eigenvalue weighted by Crippen LogP contribution is -2.38. The van der Waals surface area contributed by atoms with E-state index >= 15 is 0 Å². The average Bonchev–Trinajstić information content (AvgIpc) is 2.54. The monoisotopic (exact) mass is 233 g/mol.